The third-order valence-electron chi connectivity index (χ3n) is 2.97. The molecule has 0 radical (unpaired) electrons. The van der Waals surface area contributed by atoms with Crippen LogP contribution < -0.4 is 5.73 Å². The quantitative estimate of drug-likeness (QED) is 0.784. The van der Waals surface area contributed by atoms with E-state index >= 15 is 0 Å². The van der Waals surface area contributed by atoms with Gasteiger partial charge in [-0.25, -0.2) is 9.97 Å². The molecule has 0 spiro atoms. The summed E-state index contributed by atoms with van der Waals surface area (Å²) in [5.74, 6) is 1.54. The van der Waals surface area contributed by atoms with Crippen LogP contribution in [0, 0.1) is 0 Å². The van der Waals surface area contributed by atoms with Gasteiger partial charge in [-0.05, 0) is 19.4 Å². The largest absolute Gasteiger partial charge is 0.504 e. The van der Waals surface area contributed by atoms with Crippen molar-refractivity contribution in [3.63, 3.8) is 0 Å². The fourth-order valence-corrected chi connectivity index (χ4v) is 2.13. The van der Waals surface area contributed by atoms with Gasteiger partial charge >= 0.3 is 0 Å². The van der Waals surface area contributed by atoms with E-state index in [-0.39, 0.29) is 5.75 Å². The molecule has 82 valence electrons. The number of hydrogen-bond acceptors (Lipinski definition) is 4. The SMILES string of the molecule is NCCc1nc(C2CCCC2)ncc1O. The lowest BCUT2D eigenvalue weighted by Gasteiger charge is -2.09. The molecule has 15 heavy (non-hydrogen) atoms. The van der Waals surface area contributed by atoms with Crippen LogP contribution in [0.4, 0.5) is 0 Å². The van der Waals surface area contributed by atoms with Crippen LogP contribution in [0.3, 0.4) is 0 Å². The number of nitrogens with two attached hydrogens (primary N) is 1. The van der Waals surface area contributed by atoms with Crippen molar-refractivity contribution in [2.45, 2.75) is 38.0 Å². The molecule has 1 saturated carbocycles. The van der Waals surface area contributed by atoms with Crippen molar-refractivity contribution in [2.75, 3.05) is 6.54 Å². The van der Waals surface area contributed by atoms with Gasteiger partial charge in [0, 0.05) is 12.3 Å². The van der Waals surface area contributed by atoms with E-state index in [9.17, 15) is 5.11 Å². The predicted octanol–water partition coefficient (Wildman–Crippen LogP) is 1.34. The molecule has 1 fully saturated rings. The highest BCUT2D eigenvalue weighted by Crippen LogP contribution is 2.32. The van der Waals surface area contributed by atoms with Crippen LogP contribution in [0.25, 0.3) is 0 Å². The Morgan fingerprint density at radius 2 is 2.13 bits per heavy atom. The van der Waals surface area contributed by atoms with E-state index in [1.54, 1.807) is 0 Å². The first-order valence-electron chi connectivity index (χ1n) is 5.56. The van der Waals surface area contributed by atoms with Gasteiger partial charge in [0.15, 0.2) is 5.75 Å². The Hall–Kier alpha value is -1.16. The number of aromatic hydroxyl groups is 1. The molecular formula is C11H17N3O. The number of hydrogen-bond donors (Lipinski definition) is 2. The van der Waals surface area contributed by atoms with E-state index in [0.29, 0.717) is 24.6 Å². The van der Waals surface area contributed by atoms with Crippen LogP contribution in [0.5, 0.6) is 5.75 Å². The van der Waals surface area contributed by atoms with Crippen molar-refractivity contribution in [3.05, 3.63) is 17.7 Å². The van der Waals surface area contributed by atoms with Gasteiger partial charge in [0.1, 0.15) is 5.82 Å². The molecule has 3 N–H and O–H groups in total. The second-order valence-electron chi connectivity index (χ2n) is 4.08. The van der Waals surface area contributed by atoms with Crippen molar-refractivity contribution in [1.29, 1.82) is 0 Å². The fraction of sp³-hybridized carbons (Fsp3) is 0.636. The molecule has 0 atom stereocenters. The first kappa shape index (κ1) is 10.4. The molecule has 1 aromatic rings. The number of aromatic nitrogens is 2. The van der Waals surface area contributed by atoms with Crippen LogP contribution >= 0.6 is 0 Å². The molecule has 1 aliphatic rings. The fourth-order valence-electron chi connectivity index (χ4n) is 2.13. The van der Waals surface area contributed by atoms with Gasteiger partial charge in [-0.2, -0.15) is 0 Å². The molecule has 0 aromatic carbocycles. The minimum atomic E-state index is 0.169. The summed E-state index contributed by atoms with van der Waals surface area (Å²) in [6, 6.07) is 0. The van der Waals surface area contributed by atoms with E-state index in [0.717, 1.165) is 5.82 Å². The van der Waals surface area contributed by atoms with Gasteiger partial charge in [0.25, 0.3) is 0 Å². The van der Waals surface area contributed by atoms with E-state index in [1.165, 1.54) is 31.9 Å². The second-order valence-corrected chi connectivity index (χ2v) is 4.08. The average molecular weight is 207 g/mol. The van der Waals surface area contributed by atoms with E-state index < -0.39 is 0 Å². The van der Waals surface area contributed by atoms with Gasteiger partial charge in [-0.1, -0.05) is 12.8 Å². The highest BCUT2D eigenvalue weighted by atomic mass is 16.3. The van der Waals surface area contributed by atoms with Crippen LogP contribution in [0.2, 0.25) is 0 Å². The lowest BCUT2D eigenvalue weighted by Crippen LogP contribution is -2.08. The topological polar surface area (TPSA) is 72.0 Å². The molecule has 1 heterocycles. The summed E-state index contributed by atoms with van der Waals surface area (Å²) in [4.78, 5) is 8.60. The maximum absolute atomic E-state index is 9.53. The molecule has 0 saturated heterocycles. The van der Waals surface area contributed by atoms with Crippen LogP contribution in [-0.2, 0) is 6.42 Å². The van der Waals surface area contributed by atoms with Crippen molar-refractivity contribution >= 4 is 0 Å². The molecule has 0 bridgehead atoms. The summed E-state index contributed by atoms with van der Waals surface area (Å²) < 4.78 is 0. The summed E-state index contributed by atoms with van der Waals surface area (Å²) >= 11 is 0. The summed E-state index contributed by atoms with van der Waals surface area (Å²) in [6.07, 6.45) is 7.00. The van der Waals surface area contributed by atoms with Crippen molar-refractivity contribution < 1.29 is 5.11 Å². The van der Waals surface area contributed by atoms with Crippen molar-refractivity contribution in [3.8, 4) is 5.75 Å². The zero-order valence-corrected chi connectivity index (χ0v) is 8.82. The molecule has 0 amide bonds. The molecule has 4 heteroatoms. The monoisotopic (exact) mass is 207 g/mol. The molecule has 2 rings (SSSR count). The Morgan fingerprint density at radius 3 is 2.80 bits per heavy atom. The van der Waals surface area contributed by atoms with E-state index in [4.69, 9.17) is 5.73 Å². The third kappa shape index (κ3) is 2.26. The van der Waals surface area contributed by atoms with Crippen LogP contribution in [-0.4, -0.2) is 21.6 Å². The molecule has 1 aliphatic carbocycles. The summed E-state index contributed by atoms with van der Waals surface area (Å²) in [5.41, 5.74) is 6.15. The zero-order valence-electron chi connectivity index (χ0n) is 8.82. The average Bonchev–Trinajstić information content (AvgIpc) is 2.75. The smallest absolute Gasteiger partial charge is 0.155 e. The Morgan fingerprint density at radius 1 is 1.40 bits per heavy atom. The summed E-state index contributed by atoms with van der Waals surface area (Å²) in [6.45, 7) is 0.509. The van der Waals surface area contributed by atoms with Gasteiger partial charge in [-0.3, -0.25) is 0 Å². The normalized spacial score (nSPS) is 17.1. The molecule has 1 aromatic heterocycles. The highest BCUT2D eigenvalue weighted by Gasteiger charge is 2.20. The predicted molar refractivity (Wildman–Crippen MR) is 57.7 cm³/mol. The Bertz CT molecular complexity index is 335. The minimum Gasteiger partial charge on any atom is -0.504 e. The number of rotatable bonds is 3. The maximum atomic E-state index is 9.53. The highest BCUT2D eigenvalue weighted by molar-refractivity contribution is 5.24. The van der Waals surface area contributed by atoms with Gasteiger partial charge in [0.2, 0.25) is 0 Å². The standard InChI is InChI=1S/C11H17N3O/c12-6-5-9-10(15)7-13-11(14-9)8-3-1-2-4-8/h7-8,15H,1-6,12H2. The van der Waals surface area contributed by atoms with E-state index in [1.807, 2.05) is 0 Å². The lowest BCUT2D eigenvalue weighted by molar-refractivity contribution is 0.457. The summed E-state index contributed by atoms with van der Waals surface area (Å²) in [7, 11) is 0. The van der Waals surface area contributed by atoms with Crippen molar-refractivity contribution in [1.82, 2.24) is 9.97 Å². The van der Waals surface area contributed by atoms with Gasteiger partial charge < -0.3 is 10.8 Å². The van der Waals surface area contributed by atoms with Gasteiger partial charge in [0.05, 0.1) is 11.9 Å². The maximum Gasteiger partial charge on any atom is 0.155 e. The third-order valence-corrected chi connectivity index (χ3v) is 2.97. The molecular weight excluding hydrogens is 190 g/mol. The van der Waals surface area contributed by atoms with Crippen LogP contribution in [0.15, 0.2) is 6.20 Å². The summed E-state index contributed by atoms with van der Waals surface area (Å²) in [5, 5.41) is 9.53. The van der Waals surface area contributed by atoms with Crippen molar-refractivity contribution in [2.24, 2.45) is 5.73 Å². The molecule has 4 nitrogen and oxygen atoms in total. The van der Waals surface area contributed by atoms with Crippen LogP contribution in [0.1, 0.15) is 43.1 Å². The van der Waals surface area contributed by atoms with Gasteiger partial charge in [-0.15, -0.1) is 0 Å². The lowest BCUT2D eigenvalue weighted by atomic mass is 10.1. The number of nitrogens with zero attached hydrogens (tertiary/aromatic N) is 2. The molecule has 0 unspecified atom stereocenters. The minimum absolute atomic E-state index is 0.169. The first-order chi connectivity index (χ1) is 7.31. The second kappa shape index (κ2) is 4.57. The Kier molecular flexibility index (Phi) is 3.16. The first-order valence-corrected chi connectivity index (χ1v) is 5.56. The van der Waals surface area contributed by atoms with E-state index in [2.05, 4.69) is 9.97 Å². The Labute approximate surface area is 89.6 Å². The Balaban J connectivity index is 2.21. The molecule has 0 aliphatic heterocycles. The zero-order chi connectivity index (χ0) is 10.7.